The van der Waals surface area contributed by atoms with Crippen LogP contribution in [-0.2, 0) is 16.0 Å². The molecule has 1 aliphatic heterocycles. The number of aromatic nitrogens is 1. The average molecular weight is 354 g/mol. The lowest BCUT2D eigenvalue weighted by atomic mass is 10.1. The van der Waals surface area contributed by atoms with E-state index >= 15 is 0 Å². The van der Waals surface area contributed by atoms with Crippen molar-refractivity contribution in [3.05, 3.63) is 36.0 Å². The Morgan fingerprint density at radius 1 is 1.23 bits per heavy atom. The van der Waals surface area contributed by atoms with Gasteiger partial charge in [-0.3, -0.25) is 14.5 Å². The van der Waals surface area contributed by atoms with Gasteiger partial charge in [0.25, 0.3) is 5.91 Å². The number of amides is 4. The van der Waals surface area contributed by atoms with E-state index in [2.05, 4.69) is 15.6 Å². The minimum absolute atomic E-state index is 0.0493. The Morgan fingerprint density at radius 2 is 2.04 bits per heavy atom. The molecule has 7 heteroatoms. The Labute approximate surface area is 151 Å². The summed E-state index contributed by atoms with van der Waals surface area (Å²) >= 11 is 0. The average Bonchev–Trinajstić information content (AvgIpc) is 3.28. The first kappa shape index (κ1) is 16.6. The van der Waals surface area contributed by atoms with Crippen molar-refractivity contribution in [1.29, 1.82) is 0 Å². The summed E-state index contributed by atoms with van der Waals surface area (Å²) in [5, 5.41) is 6.70. The Balaban J connectivity index is 1.32. The molecule has 4 rings (SSSR count). The highest BCUT2D eigenvalue weighted by Crippen LogP contribution is 2.20. The fraction of sp³-hybridized carbons (Fsp3) is 0.421. The van der Waals surface area contributed by atoms with Crippen LogP contribution in [0.3, 0.4) is 0 Å². The molecule has 2 heterocycles. The number of urea groups is 1. The lowest BCUT2D eigenvalue weighted by molar-refractivity contribution is -0.127. The summed E-state index contributed by atoms with van der Waals surface area (Å²) in [4.78, 5) is 40.9. The predicted octanol–water partition coefficient (Wildman–Crippen LogP) is 1.69. The molecule has 0 spiro atoms. The Hall–Kier alpha value is -2.83. The standard InChI is InChI=1S/C19H22N4O3/c24-17(21-13-5-6-13)8-7-16-18(25)23(19(26)22-16)10-9-12-11-20-15-4-2-1-3-14(12)15/h1-4,11,13,16,20H,5-10H2,(H,21,24)(H,22,26)/t16-/m0/s1. The van der Waals surface area contributed by atoms with Gasteiger partial charge in [0.05, 0.1) is 0 Å². The molecule has 1 saturated carbocycles. The molecule has 1 aliphatic carbocycles. The van der Waals surface area contributed by atoms with Crippen LogP contribution in [0.4, 0.5) is 4.79 Å². The molecule has 1 aromatic heterocycles. The van der Waals surface area contributed by atoms with Gasteiger partial charge < -0.3 is 15.6 Å². The van der Waals surface area contributed by atoms with Gasteiger partial charge in [-0.1, -0.05) is 18.2 Å². The fourth-order valence-electron chi connectivity index (χ4n) is 3.36. The van der Waals surface area contributed by atoms with Gasteiger partial charge in [-0.15, -0.1) is 0 Å². The lowest BCUT2D eigenvalue weighted by Gasteiger charge is -2.12. The molecule has 2 aromatic rings. The second-order valence-electron chi connectivity index (χ2n) is 6.98. The van der Waals surface area contributed by atoms with Crippen molar-refractivity contribution in [2.24, 2.45) is 0 Å². The van der Waals surface area contributed by atoms with Crippen LogP contribution in [-0.4, -0.2) is 46.4 Å². The number of para-hydroxylation sites is 1. The first-order valence-electron chi connectivity index (χ1n) is 9.08. The molecule has 3 N–H and O–H groups in total. The van der Waals surface area contributed by atoms with Crippen molar-refractivity contribution in [3.8, 4) is 0 Å². The number of hydrogen-bond donors (Lipinski definition) is 3. The van der Waals surface area contributed by atoms with E-state index in [0.717, 1.165) is 29.3 Å². The summed E-state index contributed by atoms with van der Waals surface area (Å²) in [5.74, 6) is -0.291. The Bertz CT molecular complexity index is 855. The third kappa shape index (κ3) is 3.42. The van der Waals surface area contributed by atoms with E-state index in [1.165, 1.54) is 4.90 Å². The molecule has 0 radical (unpaired) electrons. The highest BCUT2D eigenvalue weighted by molar-refractivity contribution is 6.04. The van der Waals surface area contributed by atoms with E-state index in [0.29, 0.717) is 25.4 Å². The lowest BCUT2D eigenvalue weighted by Crippen LogP contribution is -2.34. The zero-order valence-electron chi connectivity index (χ0n) is 14.5. The van der Waals surface area contributed by atoms with Gasteiger partial charge in [0.2, 0.25) is 5.91 Å². The summed E-state index contributed by atoms with van der Waals surface area (Å²) in [5.41, 5.74) is 2.12. The van der Waals surface area contributed by atoms with Crippen LogP contribution < -0.4 is 10.6 Å². The number of carbonyl (C=O) groups excluding carboxylic acids is 3. The first-order valence-corrected chi connectivity index (χ1v) is 9.08. The number of rotatable bonds is 7. The van der Waals surface area contributed by atoms with Crippen LogP contribution in [0.25, 0.3) is 10.9 Å². The third-order valence-electron chi connectivity index (χ3n) is 4.99. The van der Waals surface area contributed by atoms with Crippen molar-refractivity contribution in [2.75, 3.05) is 6.54 Å². The smallest absolute Gasteiger partial charge is 0.324 e. The molecule has 1 aromatic carbocycles. The van der Waals surface area contributed by atoms with E-state index in [9.17, 15) is 14.4 Å². The van der Waals surface area contributed by atoms with Gasteiger partial charge in [0.1, 0.15) is 6.04 Å². The van der Waals surface area contributed by atoms with Gasteiger partial charge in [-0.05, 0) is 37.3 Å². The van der Waals surface area contributed by atoms with E-state index < -0.39 is 6.04 Å². The number of hydrogen-bond acceptors (Lipinski definition) is 3. The molecule has 26 heavy (non-hydrogen) atoms. The van der Waals surface area contributed by atoms with E-state index in [1.807, 2.05) is 30.5 Å². The van der Waals surface area contributed by atoms with E-state index in [4.69, 9.17) is 0 Å². The van der Waals surface area contributed by atoms with Crippen molar-refractivity contribution in [3.63, 3.8) is 0 Å². The molecule has 1 saturated heterocycles. The van der Waals surface area contributed by atoms with Crippen LogP contribution in [0.1, 0.15) is 31.2 Å². The monoisotopic (exact) mass is 354 g/mol. The summed E-state index contributed by atoms with van der Waals surface area (Å²) in [6.45, 7) is 0.331. The molecule has 2 fully saturated rings. The zero-order valence-corrected chi connectivity index (χ0v) is 14.5. The highest BCUT2D eigenvalue weighted by Gasteiger charge is 2.37. The minimum atomic E-state index is -0.601. The fourth-order valence-corrected chi connectivity index (χ4v) is 3.36. The second kappa shape index (κ2) is 6.82. The topological polar surface area (TPSA) is 94.3 Å². The second-order valence-corrected chi connectivity index (χ2v) is 6.98. The Morgan fingerprint density at radius 3 is 2.85 bits per heavy atom. The molecule has 0 bridgehead atoms. The summed E-state index contributed by atoms with van der Waals surface area (Å²) in [6.07, 6.45) is 5.18. The summed E-state index contributed by atoms with van der Waals surface area (Å²) < 4.78 is 0. The number of carbonyl (C=O) groups is 3. The SMILES string of the molecule is O=C(CC[C@@H]1NC(=O)N(CCc2c[nH]c3ccccc23)C1=O)NC1CC1. The molecule has 4 amide bonds. The van der Waals surface area contributed by atoms with Crippen molar-refractivity contribution in [1.82, 2.24) is 20.5 Å². The number of benzene rings is 1. The number of nitrogens with one attached hydrogen (secondary N) is 3. The van der Waals surface area contributed by atoms with Crippen molar-refractivity contribution >= 4 is 28.7 Å². The van der Waals surface area contributed by atoms with Crippen LogP contribution in [0, 0.1) is 0 Å². The molecule has 136 valence electrons. The van der Waals surface area contributed by atoms with Gasteiger partial charge in [-0.2, -0.15) is 0 Å². The number of fused-ring (bicyclic) bond motifs is 1. The van der Waals surface area contributed by atoms with Crippen molar-refractivity contribution in [2.45, 2.75) is 44.2 Å². The van der Waals surface area contributed by atoms with E-state index in [-0.39, 0.29) is 24.3 Å². The Kier molecular flexibility index (Phi) is 4.36. The van der Waals surface area contributed by atoms with Crippen LogP contribution >= 0.6 is 0 Å². The highest BCUT2D eigenvalue weighted by atomic mass is 16.2. The molecule has 7 nitrogen and oxygen atoms in total. The molecule has 1 atom stereocenters. The minimum Gasteiger partial charge on any atom is -0.361 e. The van der Waals surface area contributed by atoms with Crippen LogP contribution in [0.2, 0.25) is 0 Å². The number of nitrogens with zero attached hydrogens (tertiary/aromatic N) is 1. The van der Waals surface area contributed by atoms with E-state index in [1.54, 1.807) is 0 Å². The van der Waals surface area contributed by atoms with Gasteiger partial charge in [0.15, 0.2) is 0 Å². The molecule has 2 aliphatic rings. The van der Waals surface area contributed by atoms with Gasteiger partial charge >= 0.3 is 6.03 Å². The number of H-pyrrole nitrogens is 1. The van der Waals surface area contributed by atoms with Crippen LogP contribution in [0.15, 0.2) is 30.5 Å². The third-order valence-corrected chi connectivity index (χ3v) is 4.99. The largest absolute Gasteiger partial charge is 0.361 e. The quantitative estimate of drug-likeness (QED) is 0.661. The first-order chi connectivity index (χ1) is 12.6. The maximum absolute atomic E-state index is 12.5. The molecular weight excluding hydrogens is 332 g/mol. The zero-order chi connectivity index (χ0) is 18.1. The summed E-state index contributed by atoms with van der Waals surface area (Å²) in [7, 11) is 0. The number of imide groups is 1. The van der Waals surface area contributed by atoms with Gasteiger partial charge in [-0.25, -0.2) is 4.79 Å². The van der Waals surface area contributed by atoms with Gasteiger partial charge in [0, 0.05) is 36.1 Å². The number of aromatic amines is 1. The normalized spacial score (nSPS) is 19.8. The maximum atomic E-state index is 12.5. The van der Waals surface area contributed by atoms with Crippen LogP contribution in [0.5, 0.6) is 0 Å². The molecule has 0 unspecified atom stereocenters. The maximum Gasteiger partial charge on any atom is 0.324 e. The predicted molar refractivity (Wildman–Crippen MR) is 96.4 cm³/mol. The molecular formula is C19H22N4O3. The summed E-state index contributed by atoms with van der Waals surface area (Å²) in [6, 6.07) is 7.28. The van der Waals surface area contributed by atoms with Crippen molar-refractivity contribution < 1.29 is 14.4 Å².